The van der Waals surface area contributed by atoms with Gasteiger partial charge in [0, 0.05) is 0 Å². The minimum atomic E-state index is -0.391. The van der Waals surface area contributed by atoms with E-state index in [1.807, 2.05) is 30.3 Å². The highest BCUT2D eigenvalue weighted by molar-refractivity contribution is 6.32. The van der Waals surface area contributed by atoms with Gasteiger partial charge in [-0.3, -0.25) is 0 Å². The zero-order chi connectivity index (χ0) is 30.6. The van der Waals surface area contributed by atoms with Crippen molar-refractivity contribution in [1.29, 1.82) is 0 Å². The lowest BCUT2D eigenvalue weighted by Gasteiger charge is -2.21. The minimum absolute atomic E-state index is 0.198. The first-order chi connectivity index (χ1) is 21.9. The Bertz CT molecular complexity index is 2660. The Labute approximate surface area is 239 Å². The summed E-state index contributed by atoms with van der Waals surface area (Å²) in [6, 6.07) is 38.7. The second kappa shape index (κ2) is 8.15. The highest BCUT2D eigenvalue weighted by Gasteiger charge is 2.20. The van der Waals surface area contributed by atoms with Gasteiger partial charge in [0.25, 0.3) is 0 Å². The van der Waals surface area contributed by atoms with Crippen LogP contribution in [0.5, 0.6) is 0 Å². The maximum absolute atomic E-state index is 8.96. The van der Waals surface area contributed by atoms with E-state index in [1.165, 1.54) is 26.9 Å². The molecule has 40 heavy (non-hydrogen) atoms. The topological polar surface area (TPSA) is 0 Å². The van der Waals surface area contributed by atoms with Crippen molar-refractivity contribution >= 4 is 64.6 Å². The average molecular weight is 510 g/mol. The first kappa shape index (κ1) is 17.4. The Morgan fingerprint density at radius 3 is 1.73 bits per heavy atom. The molecule has 0 fully saturated rings. The third-order valence-electron chi connectivity index (χ3n) is 8.46. The summed E-state index contributed by atoms with van der Waals surface area (Å²) in [5, 5.41) is 13.0. The monoisotopic (exact) mass is 509 g/mol. The van der Waals surface area contributed by atoms with Gasteiger partial charge >= 0.3 is 0 Å². The van der Waals surface area contributed by atoms with Crippen molar-refractivity contribution in [1.82, 2.24) is 0 Å². The summed E-state index contributed by atoms with van der Waals surface area (Å²) in [6.07, 6.45) is 0. The van der Waals surface area contributed by atoms with Crippen molar-refractivity contribution in [3.63, 3.8) is 0 Å². The van der Waals surface area contributed by atoms with Gasteiger partial charge in [-0.2, -0.15) is 0 Å². The van der Waals surface area contributed by atoms with Crippen LogP contribution in [0.1, 0.15) is 6.85 Å². The van der Waals surface area contributed by atoms with Crippen LogP contribution in [0.2, 0.25) is 0 Å². The fourth-order valence-electron chi connectivity index (χ4n) is 6.83. The number of rotatable bonds is 2. The zero-order valence-corrected chi connectivity index (χ0v) is 21.5. The van der Waals surface area contributed by atoms with Crippen LogP contribution in [-0.4, -0.2) is 0 Å². The Kier molecular flexibility index (Phi) is 3.54. The highest BCUT2D eigenvalue weighted by Crippen LogP contribution is 2.48. The summed E-state index contributed by atoms with van der Waals surface area (Å²) in [6.45, 7) is 0. The van der Waals surface area contributed by atoms with E-state index in [0.717, 1.165) is 48.8 Å². The van der Waals surface area contributed by atoms with Crippen molar-refractivity contribution in [2.24, 2.45) is 0 Å². The molecule has 0 aliphatic heterocycles. The standard InChI is InChI=1S/C40H24/c1-2-10-26(11-3-1)37-31-15-6-7-16-32(31)40(39-30-14-5-4-9-25(30)19-24-35(37)39)34-23-21-29-18-17-27-12-8-13-28-20-22-33(34)38(29)36(27)28/h1-24H/i1D,2D,3D,10D,11D. The lowest BCUT2D eigenvalue weighted by Crippen LogP contribution is -1.93. The molecular formula is C40H24. The van der Waals surface area contributed by atoms with Gasteiger partial charge in [0.05, 0.1) is 6.85 Å². The highest BCUT2D eigenvalue weighted by atomic mass is 14.2. The second-order valence-electron chi connectivity index (χ2n) is 10.5. The maximum atomic E-state index is 8.96. The van der Waals surface area contributed by atoms with Crippen LogP contribution in [0.4, 0.5) is 0 Å². The first-order valence-electron chi connectivity index (χ1n) is 16.0. The number of benzene rings is 9. The molecule has 184 valence electrons. The molecule has 0 heterocycles. The summed E-state index contributed by atoms with van der Waals surface area (Å²) < 4.78 is 43.2. The molecule has 0 N–H and O–H groups in total. The first-order valence-corrected chi connectivity index (χ1v) is 13.5. The van der Waals surface area contributed by atoms with E-state index in [9.17, 15) is 0 Å². The fraction of sp³-hybridized carbons (Fsp3) is 0. The molecule has 0 aliphatic rings. The molecule has 9 aromatic carbocycles. The average Bonchev–Trinajstić information content (AvgIpc) is 3.08. The van der Waals surface area contributed by atoms with Crippen LogP contribution in [0.3, 0.4) is 0 Å². The van der Waals surface area contributed by atoms with E-state index in [1.54, 1.807) is 0 Å². The molecule has 0 bridgehead atoms. The van der Waals surface area contributed by atoms with E-state index >= 15 is 0 Å². The van der Waals surface area contributed by atoms with Gasteiger partial charge in [-0.25, -0.2) is 0 Å². The van der Waals surface area contributed by atoms with Gasteiger partial charge in [-0.15, -0.1) is 0 Å². The predicted molar refractivity (Wildman–Crippen MR) is 174 cm³/mol. The molecule has 0 aliphatic carbocycles. The maximum Gasteiger partial charge on any atom is 0.0629 e. The van der Waals surface area contributed by atoms with Gasteiger partial charge in [0.2, 0.25) is 0 Å². The van der Waals surface area contributed by atoms with Crippen LogP contribution in [0.15, 0.2) is 145 Å². The van der Waals surface area contributed by atoms with E-state index in [4.69, 9.17) is 6.85 Å². The van der Waals surface area contributed by atoms with Crippen molar-refractivity contribution in [3.8, 4) is 22.3 Å². The lowest BCUT2D eigenvalue weighted by molar-refractivity contribution is 1.67. The van der Waals surface area contributed by atoms with Crippen LogP contribution in [0, 0.1) is 0 Å². The Morgan fingerprint density at radius 1 is 0.350 bits per heavy atom. The van der Waals surface area contributed by atoms with Crippen LogP contribution in [-0.2, 0) is 0 Å². The molecule has 0 spiro atoms. The molecule has 0 aromatic heterocycles. The minimum Gasteiger partial charge on any atom is -0.0622 e. The molecule has 0 saturated carbocycles. The van der Waals surface area contributed by atoms with Gasteiger partial charge in [0.15, 0.2) is 0 Å². The molecule has 0 nitrogen and oxygen atoms in total. The number of hydrogen-bond donors (Lipinski definition) is 0. The predicted octanol–water partition coefficient (Wildman–Crippen LogP) is 11.4. The molecule has 9 rings (SSSR count). The second-order valence-corrected chi connectivity index (χ2v) is 10.5. The summed E-state index contributed by atoms with van der Waals surface area (Å²) in [5.74, 6) is 0. The molecule has 9 aromatic rings. The molecule has 0 amide bonds. The molecular weight excluding hydrogens is 480 g/mol. The van der Waals surface area contributed by atoms with E-state index in [0.29, 0.717) is 5.56 Å². The van der Waals surface area contributed by atoms with E-state index in [-0.39, 0.29) is 29.7 Å². The lowest BCUT2D eigenvalue weighted by atomic mass is 9.82. The Morgan fingerprint density at radius 2 is 0.925 bits per heavy atom. The van der Waals surface area contributed by atoms with E-state index < -0.39 is 6.04 Å². The van der Waals surface area contributed by atoms with Crippen LogP contribution < -0.4 is 0 Å². The molecule has 0 unspecified atom stereocenters. The van der Waals surface area contributed by atoms with Gasteiger partial charge in [0.1, 0.15) is 0 Å². The van der Waals surface area contributed by atoms with Gasteiger partial charge in [-0.05, 0) is 86.9 Å². The molecule has 0 heteroatoms. The summed E-state index contributed by atoms with van der Waals surface area (Å²) in [4.78, 5) is 0. The van der Waals surface area contributed by atoms with Crippen molar-refractivity contribution in [2.45, 2.75) is 0 Å². The van der Waals surface area contributed by atoms with Crippen LogP contribution in [0.25, 0.3) is 86.9 Å². The Hall–Kier alpha value is -5.20. The summed E-state index contributed by atoms with van der Waals surface area (Å²) >= 11 is 0. The largest absolute Gasteiger partial charge is 0.0629 e. The normalized spacial score (nSPS) is 13.8. The summed E-state index contributed by atoms with van der Waals surface area (Å²) in [7, 11) is 0. The summed E-state index contributed by atoms with van der Waals surface area (Å²) in [5.41, 5.74) is 3.06. The van der Waals surface area contributed by atoms with Crippen molar-refractivity contribution in [3.05, 3.63) is 145 Å². The number of fused-ring (bicyclic) bond motifs is 4. The third kappa shape index (κ3) is 2.91. The van der Waals surface area contributed by atoms with Crippen LogP contribution >= 0.6 is 0 Å². The SMILES string of the molecule is [2H]c1c([2H])c([2H])c(-c2c3ccccc3c(-c3ccc4ccc5cccc6ccc3c4c56)c3c2ccc2ccccc23)c([2H])c1[2H]. The smallest absolute Gasteiger partial charge is 0.0622 e. The molecule has 0 saturated heterocycles. The van der Waals surface area contributed by atoms with Gasteiger partial charge < -0.3 is 0 Å². The fourth-order valence-corrected chi connectivity index (χ4v) is 6.83. The van der Waals surface area contributed by atoms with Gasteiger partial charge in [-0.1, -0.05) is 145 Å². The number of hydrogen-bond acceptors (Lipinski definition) is 0. The quantitative estimate of drug-likeness (QED) is 0.161. The molecule has 0 atom stereocenters. The van der Waals surface area contributed by atoms with Crippen molar-refractivity contribution in [2.75, 3.05) is 0 Å². The zero-order valence-electron chi connectivity index (χ0n) is 26.5. The van der Waals surface area contributed by atoms with Crippen molar-refractivity contribution < 1.29 is 6.85 Å². The molecule has 0 radical (unpaired) electrons. The Balaban J connectivity index is 1.55. The third-order valence-corrected chi connectivity index (χ3v) is 8.46. The van der Waals surface area contributed by atoms with E-state index in [2.05, 4.69) is 84.9 Å².